The fourth-order valence-corrected chi connectivity index (χ4v) is 2.34. The van der Waals surface area contributed by atoms with Gasteiger partial charge in [0.1, 0.15) is 5.78 Å². The van der Waals surface area contributed by atoms with Gasteiger partial charge in [-0.3, -0.25) is 14.3 Å². The molecule has 1 aliphatic carbocycles. The minimum Gasteiger partial charge on any atom is -0.481 e. The third-order valence-corrected chi connectivity index (χ3v) is 3.60. The van der Waals surface area contributed by atoms with Crippen molar-refractivity contribution in [3.05, 3.63) is 18.5 Å². The van der Waals surface area contributed by atoms with Crippen molar-refractivity contribution >= 4 is 11.8 Å². The highest BCUT2D eigenvalue weighted by molar-refractivity contribution is 5.83. The second-order valence-corrected chi connectivity index (χ2v) is 4.64. The van der Waals surface area contributed by atoms with Crippen LogP contribution in [0.1, 0.15) is 32.1 Å². The number of carbonyl (C=O) groups excluding carboxylic acids is 1. The number of carboxylic acids is 1. The van der Waals surface area contributed by atoms with Crippen LogP contribution < -0.4 is 0 Å². The molecule has 0 aliphatic heterocycles. The number of hydrogen-bond acceptors (Lipinski definition) is 3. The molecule has 0 atom stereocenters. The summed E-state index contributed by atoms with van der Waals surface area (Å²) in [5.74, 6) is -0.599. The van der Waals surface area contributed by atoms with Crippen LogP contribution in [0.3, 0.4) is 0 Å². The lowest BCUT2D eigenvalue weighted by Gasteiger charge is -2.32. The Morgan fingerprint density at radius 2 is 2.18 bits per heavy atom. The molecule has 1 aliphatic rings. The molecule has 0 amide bonds. The first kappa shape index (κ1) is 11.8. The lowest BCUT2D eigenvalue weighted by atomic mass is 9.71. The van der Waals surface area contributed by atoms with E-state index in [1.165, 1.54) is 0 Å². The Balaban J connectivity index is 2.02. The molecule has 1 heterocycles. The van der Waals surface area contributed by atoms with Gasteiger partial charge in [-0.25, -0.2) is 0 Å². The van der Waals surface area contributed by atoms with Gasteiger partial charge in [-0.15, -0.1) is 0 Å². The maximum Gasteiger partial charge on any atom is 0.309 e. The van der Waals surface area contributed by atoms with Crippen molar-refractivity contribution in [1.82, 2.24) is 9.78 Å². The average molecular weight is 236 g/mol. The van der Waals surface area contributed by atoms with Crippen LogP contribution in [0.5, 0.6) is 0 Å². The zero-order valence-electron chi connectivity index (χ0n) is 9.63. The van der Waals surface area contributed by atoms with Crippen molar-refractivity contribution in [3.8, 4) is 0 Å². The lowest BCUT2D eigenvalue weighted by Crippen LogP contribution is -2.36. The SMILES string of the molecule is O=C1CCC(CCn2cccn2)(C(=O)O)CC1. The minimum absolute atomic E-state index is 0.181. The molecule has 5 heteroatoms. The van der Waals surface area contributed by atoms with Gasteiger partial charge in [0.25, 0.3) is 0 Å². The topological polar surface area (TPSA) is 72.2 Å². The van der Waals surface area contributed by atoms with Crippen molar-refractivity contribution < 1.29 is 14.7 Å². The van der Waals surface area contributed by atoms with E-state index in [4.69, 9.17) is 0 Å². The van der Waals surface area contributed by atoms with Gasteiger partial charge in [-0.2, -0.15) is 5.10 Å². The van der Waals surface area contributed by atoms with Crippen molar-refractivity contribution in [3.63, 3.8) is 0 Å². The normalized spacial score (nSPS) is 19.2. The first-order chi connectivity index (χ1) is 8.12. The van der Waals surface area contributed by atoms with Crippen molar-refractivity contribution in [2.45, 2.75) is 38.6 Å². The van der Waals surface area contributed by atoms with E-state index < -0.39 is 11.4 Å². The Morgan fingerprint density at radius 3 is 2.71 bits per heavy atom. The lowest BCUT2D eigenvalue weighted by molar-refractivity contribution is -0.152. The summed E-state index contributed by atoms with van der Waals surface area (Å²) >= 11 is 0. The number of rotatable bonds is 4. The summed E-state index contributed by atoms with van der Waals surface area (Å²) in [6, 6.07) is 1.82. The van der Waals surface area contributed by atoms with E-state index in [9.17, 15) is 14.7 Å². The number of aliphatic carboxylic acids is 1. The zero-order valence-corrected chi connectivity index (χ0v) is 9.63. The third kappa shape index (κ3) is 2.54. The molecule has 17 heavy (non-hydrogen) atoms. The molecule has 0 saturated heterocycles. The van der Waals surface area contributed by atoms with Gasteiger partial charge in [-0.1, -0.05) is 0 Å². The molecular formula is C12H16N2O3. The number of carboxylic acid groups (broad SMARTS) is 1. The smallest absolute Gasteiger partial charge is 0.309 e. The molecule has 1 N–H and O–H groups in total. The number of Topliss-reactive ketones (excluding diaryl/α,β-unsaturated/α-hetero) is 1. The van der Waals surface area contributed by atoms with Crippen LogP contribution in [0.15, 0.2) is 18.5 Å². The summed E-state index contributed by atoms with van der Waals surface area (Å²) in [6.45, 7) is 0.591. The summed E-state index contributed by atoms with van der Waals surface area (Å²) in [7, 11) is 0. The monoisotopic (exact) mass is 236 g/mol. The predicted molar refractivity (Wildman–Crippen MR) is 60.4 cm³/mol. The Kier molecular flexibility index (Phi) is 3.26. The molecule has 1 aromatic rings. The predicted octanol–water partition coefficient (Wildman–Crippen LogP) is 1.49. The summed E-state index contributed by atoms with van der Waals surface area (Å²) in [4.78, 5) is 22.6. The van der Waals surface area contributed by atoms with Gasteiger partial charge in [0.15, 0.2) is 0 Å². The molecule has 0 radical (unpaired) electrons. The van der Waals surface area contributed by atoms with Crippen LogP contribution in [0.25, 0.3) is 0 Å². The van der Waals surface area contributed by atoms with Gasteiger partial charge < -0.3 is 5.11 Å². The van der Waals surface area contributed by atoms with Crippen molar-refractivity contribution in [1.29, 1.82) is 0 Å². The Labute approximate surface area is 99.4 Å². The van der Waals surface area contributed by atoms with Crippen LogP contribution in [-0.2, 0) is 16.1 Å². The highest BCUT2D eigenvalue weighted by atomic mass is 16.4. The summed E-state index contributed by atoms with van der Waals surface area (Å²) in [5.41, 5.74) is -0.736. The minimum atomic E-state index is -0.780. The number of nitrogens with zero attached hydrogens (tertiary/aromatic N) is 2. The quantitative estimate of drug-likeness (QED) is 0.859. The number of ketones is 1. The van der Waals surface area contributed by atoms with Crippen LogP contribution >= 0.6 is 0 Å². The van der Waals surface area contributed by atoms with Crippen LogP contribution in [0, 0.1) is 5.41 Å². The van der Waals surface area contributed by atoms with Crippen molar-refractivity contribution in [2.75, 3.05) is 0 Å². The van der Waals surface area contributed by atoms with Gasteiger partial charge in [0.2, 0.25) is 0 Å². The summed E-state index contributed by atoms with van der Waals surface area (Å²) in [6.07, 6.45) is 5.75. The second kappa shape index (κ2) is 4.69. The maximum atomic E-state index is 11.4. The molecule has 0 spiro atoms. The molecule has 1 saturated carbocycles. The van der Waals surface area contributed by atoms with Crippen LogP contribution in [0.4, 0.5) is 0 Å². The number of aryl methyl sites for hydroxylation is 1. The van der Waals surface area contributed by atoms with E-state index in [1.54, 1.807) is 10.9 Å². The Bertz CT molecular complexity index is 401. The van der Waals surface area contributed by atoms with Gasteiger partial charge in [0, 0.05) is 31.8 Å². The van der Waals surface area contributed by atoms with E-state index in [0.29, 0.717) is 38.6 Å². The Hall–Kier alpha value is -1.65. The number of hydrogen-bond donors (Lipinski definition) is 1. The van der Waals surface area contributed by atoms with E-state index in [0.717, 1.165) is 0 Å². The maximum absolute atomic E-state index is 11.4. The Morgan fingerprint density at radius 1 is 1.47 bits per heavy atom. The molecule has 1 aromatic heterocycles. The number of aromatic nitrogens is 2. The van der Waals surface area contributed by atoms with Gasteiger partial charge >= 0.3 is 5.97 Å². The van der Waals surface area contributed by atoms with E-state index >= 15 is 0 Å². The molecule has 5 nitrogen and oxygen atoms in total. The first-order valence-electron chi connectivity index (χ1n) is 5.85. The molecule has 92 valence electrons. The van der Waals surface area contributed by atoms with Gasteiger partial charge in [0.05, 0.1) is 5.41 Å². The summed E-state index contributed by atoms with van der Waals surface area (Å²) < 4.78 is 1.74. The first-order valence-corrected chi connectivity index (χ1v) is 5.85. The van der Waals surface area contributed by atoms with Gasteiger partial charge in [-0.05, 0) is 25.3 Å². The highest BCUT2D eigenvalue weighted by Crippen LogP contribution is 2.38. The molecule has 0 bridgehead atoms. The molecular weight excluding hydrogens is 220 g/mol. The molecule has 0 unspecified atom stereocenters. The highest BCUT2D eigenvalue weighted by Gasteiger charge is 2.41. The van der Waals surface area contributed by atoms with Crippen LogP contribution in [0.2, 0.25) is 0 Å². The largest absolute Gasteiger partial charge is 0.481 e. The van der Waals surface area contributed by atoms with Crippen LogP contribution in [-0.4, -0.2) is 26.6 Å². The van der Waals surface area contributed by atoms with E-state index in [1.807, 2.05) is 12.3 Å². The molecule has 0 aromatic carbocycles. The summed E-state index contributed by atoms with van der Waals surface area (Å²) in [5, 5.41) is 13.4. The third-order valence-electron chi connectivity index (χ3n) is 3.60. The van der Waals surface area contributed by atoms with E-state index in [2.05, 4.69) is 5.10 Å². The average Bonchev–Trinajstić information content (AvgIpc) is 2.81. The van der Waals surface area contributed by atoms with E-state index in [-0.39, 0.29) is 5.78 Å². The zero-order chi connectivity index (χ0) is 12.3. The molecule has 1 fully saturated rings. The fraction of sp³-hybridized carbons (Fsp3) is 0.583. The standard InChI is InChI=1S/C12H16N2O3/c15-10-2-4-12(5-3-10,11(16)17)6-9-14-8-1-7-13-14/h1,7-8H,2-6,9H2,(H,16,17). The molecule has 2 rings (SSSR count). The van der Waals surface area contributed by atoms with Crippen molar-refractivity contribution in [2.24, 2.45) is 5.41 Å². The fourth-order valence-electron chi connectivity index (χ4n) is 2.34. The second-order valence-electron chi connectivity index (χ2n) is 4.64. The number of carbonyl (C=O) groups is 2.